The van der Waals surface area contributed by atoms with Gasteiger partial charge < -0.3 is 4.74 Å². The van der Waals surface area contributed by atoms with E-state index in [1.54, 1.807) is 0 Å². The van der Waals surface area contributed by atoms with Crippen LogP contribution in [0.2, 0.25) is 5.02 Å². The molecule has 1 nitrogen and oxygen atoms in total. The number of allylic oxidation sites excluding steroid dienone is 2. The second-order valence-corrected chi connectivity index (χ2v) is 5.88. The first-order chi connectivity index (χ1) is 10.3. The first-order valence-corrected chi connectivity index (χ1v) is 7.62. The molecule has 0 amide bonds. The Balaban J connectivity index is 1.79. The van der Waals surface area contributed by atoms with Gasteiger partial charge in [0.05, 0.1) is 6.26 Å². The third-order valence-corrected chi connectivity index (χ3v) is 4.51. The van der Waals surface area contributed by atoms with Crippen LogP contribution in [0.25, 0.3) is 11.6 Å². The van der Waals surface area contributed by atoms with Gasteiger partial charge in [-0.25, -0.2) is 0 Å². The van der Waals surface area contributed by atoms with Gasteiger partial charge in [-0.3, -0.25) is 0 Å². The molecule has 0 fully saturated rings. The number of rotatable bonds is 1. The van der Waals surface area contributed by atoms with Gasteiger partial charge >= 0.3 is 0 Å². The molecule has 0 spiro atoms. The Bertz CT molecular complexity index is 771. The average molecular weight is 295 g/mol. The molecule has 0 saturated carbocycles. The number of ether oxygens (including phenoxy) is 1. The molecule has 2 aromatic carbocycles. The second-order valence-electron chi connectivity index (χ2n) is 5.47. The molecule has 4 rings (SSSR count). The summed E-state index contributed by atoms with van der Waals surface area (Å²) in [5, 5.41) is 0.774. The van der Waals surface area contributed by atoms with Crippen LogP contribution in [-0.2, 0) is 12.8 Å². The Morgan fingerprint density at radius 3 is 2.86 bits per heavy atom. The van der Waals surface area contributed by atoms with Gasteiger partial charge in [0.15, 0.2) is 0 Å². The molecule has 104 valence electrons. The van der Waals surface area contributed by atoms with Crippen LogP contribution in [0.4, 0.5) is 0 Å². The molecule has 0 bridgehead atoms. The van der Waals surface area contributed by atoms with Crippen LogP contribution in [0.1, 0.15) is 28.7 Å². The van der Waals surface area contributed by atoms with Crippen molar-refractivity contribution in [3.63, 3.8) is 0 Å². The second kappa shape index (κ2) is 5.09. The van der Waals surface area contributed by atoms with Crippen molar-refractivity contribution in [1.29, 1.82) is 0 Å². The van der Waals surface area contributed by atoms with Gasteiger partial charge in [0.1, 0.15) is 5.75 Å². The van der Waals surface area contributed by atoms with Crippen molar-refractivity contribution in [3.05, 3.63) is 76.0 Å². The molecule has 1 aliphatic heterocycles. The maximum Gasteiger partial charge on any atom is 0.130 e. The fourth-order valence-corrected chi connectivity index (χ4v) is 3.36. The monoisotopic (exact) mass is 294 g/mol. The predicted molar refractivity (Wildman–Crippen MR) is 87.6 cm³/mol. The highest BCUT2D eigenvalue weighted by molar-refractivity contribution is 6.32. The lowest BCUT2D eigenvalue weighted by Crippen LogP contribution is -2.08. The Labute approximate surface area is 129 Å². The van der Waals surface area contributed by atoms with E-state index in [2.05, 4.69) is 24.3 Å². The van der Waals surface area contributed by atoms with Crippen LogP contribution in [-0.4, -0.2) is 0 Å². The van der Waals surface area contributed by atoms with Crippen LogP contribution in [0, 0.1) is 0 Å². The highest BCUT2D eigenvalue weighted by Crippen LogP contribution is 2.38. The number of halogens is 1. The van der Waals surface area contributed by atoms with Crippen molar-refractivity contribution in [2.24, 2.45) is 0 Å². The van der Waals surface area contributed by atoms with E-state index in [4.69, 9.17) is 16.3 Å². The minimum atomic E-state index is 0.774. The van der Waals surface area contributed by atoms with E-state index in [1.165, 1.54) is 16.7 Å². The molecule has 0 atom stereocenters. The summed E-state index contributed by atoms with van der Waals surface area (Å²) in [6.45, 7) is 0. The largest absolute Gasteiger partial charge is 0.464 e. The van der Waals surface area contributed by atoms with Crippen molar-refractivity contribution < 1.29 is 4.74 Å². The number of fused-ring (bicyclic) bond motifs is 3. The topological polar surface area (TPSA) is 9.23 Å². The quantitative estimate of drug-likeness (QED) is 0.695. The zero-order valence-electron chi connectivity index (χ0n) is 11.6. The van der Waals surface area contributed by atoms with Gasteiger partial charge in [-0.2, -0.15) is 0 Å². The van der Waals surface area contributed by atoms with Gasteiger partial charge in [-0.15, -0.1) is 0 Å². The Morgan fingerprint density at radius 1 is 1.05 bits per heavy atom. The van der Waals surface area contributed by atoms with Crippen molar-refractivity contribution in [2.75, 3.05) is 0 Å². The Hall–Kier alpha value is -1.99. The van der Waals surface area contributed by atoms with E-state index in [1.807, 2.05) is 30.5 Å². The molecule has 2 aromatic rings. The lowest BCUT2D eigenvalue weighted by molar-refractivity contribution is 0.468. The van der Waals surface area contributed by atoms with E-state index >= 15 is 0 Å². The maximum atomic E-state index is 6.32. The highest BCUT2D eigenvalue weighted by atomic mass is 35.5. The van der Waals surface area contributed by atoms with Crippen molar-refractivity contribution in [1.82, 2.24) is 0 Å². The minimum absolute atomic E-state index is 0.774. The smallest absolute Gasteiger partial charge is 0.130 e. The maximum absolute atomic E-state index is 6.32. The first kappa shape index (κ1) is 12.7. The number of hydrogen-bond donors (Lipinski definition) is 0. The number of aryl methyl sites for hydroxylation is 1. The van der Waals surface area contributed by atoms with Crippen molar-refractivity contribution in [3.8, 4) is 5.75 Å². The summed E-state index contributed by atoms with van der Waals surface area (Å²) in [4.78, 5) is 0. The average Bonchev–Trinajstić information content (AvgIpc) is 2.55. The third-order valence-electron chi connectivity index (χ3n) is 4.18. The molecule has 1 heterocycles. The summed E-state index contributed by atoms with van der Waals surface area (Å²) in [7, 11) is 0. The molecule has 2 aliphatic rings. The highest BCUT2D eigenvalue weighted by Gasteiger charge is 2.20. The van der Waals surface area contributed by atoms with E-state index in [-0.39, 0.29) is 0 Å². The van der Waals surface area contributed by atoms with Crippen molar-refractivity contribution in [2.45, 2.75) is 19.3 Å². The zero-order valence-corrected chi connectivity index (χ0v) is 12.4. The van der Waals surface area contributed by atoms with Crippen LogP contribution in [0.5, 0.6) is 5.75 Å². The predicted octanol–water partition coefficient (Wildman–Crippen LogP) is 5.28. The summed E-state index contributed by atoms with van der Waals surface area (Å²) < 4.78 is 5.86. The summed E-state index contributed by atoms with van der Waals surface area (Å²) in [5.74, 6) is 0.969. The normalized spacial score (nSPS) is 15.8. The van der Waals surface area contributed by atoms with Crippen molar-refractivity contribution >= 4 is 23.3 Å². The van der Waals surface area contributed by atoms with Crippen LogP contribution >= 0.6 is 11.6 Å². The van der Waals surface area contributed by atoms with Gasteiger partial charge in [0, 0.05) is 22.6 Å². The van der Waals surface area contributed by atoms with Gasteiger partial charge in [-0.1, -0.05) is 48.0 Å². The molecule has 0 saturated heterocycles. The molecular weight excluding hydrogens is 280 g/mol. The molecule has 0 N–H and O–H groups in total. The standard InChI is InChI=1S/C19H15ClO/c20-18-8-4-3-7-16(18)14-11-17-15-6-2-1-5-13(15)9-10-19(17)21-12-14/h2-4,6-10,12H,1,5,11H2. The lowest BCUT2D eigenvalue weighted by atomic mass is 9.87. The molecular formula is C19H15ClO. The Kier molecular flexibility index (Phi) is 3.08. The molecule has 0 radical (unpaired) electrons. The van der Waals surface area contributed by atoms with Crippen LogP contribution in [0.15, 0.2) is 48.7 Å². The van der Waals surface area contributed by atoms with E-state index in [0.29, 0.717) is 0 Å². The fourth-order valence-electron chi connectivity index (χ4n) is 3.10. The minimum Gasteiger partial charge on any atom is -0.464 e. The summed E-state index contributed by atoms with van der Waals surface area (Å²) in [5.41, 5.74) is 6.22. The molecule has 2 heteroatoms. The number of benzene rings is 2. The molecule has 21 heavy (non-hydrogen) atoms. The summed E-state index contributed by atoms with van der Waals surface area (Å²) in [6, 6.07) is 12.2. The zero-order chi connectivity index (χ0) is 14.2. The molecule has 0 unspecified atom stereocenters. The molecule has 0 aromatic heterocycles. The van der Waals surface area contributed by atoms with Gasteiger partial charge in [0.25, 0.3) is 0 Å². The summed E-state index contributed by atoms with van der Waals surface area (Å²) >= 11 is 6.32. The number of hydrogen-bond acceptors (Lipinski definition) is 1. The third kappa shape index (κ3) is 2.18. The van der Waals surface area contributed by atoms with E-state index < -0.39 is 0 Å². The first-order valence-electron chi connectivity index (χ1n) is 7.25. The lowest BCUT2D eigenvalue weighted by Gasteiger charge is -2.23. The fraction of sp³-hybridized carbons (Fsp3) is 0.158. The van der Waals surface area contributed by atoms with E-state index in [0.717, 1.165) is 41.2 Å². The SMILES string of the molecule is Clc1ccccc1C1=COc2ccc3c(c2C1)C=CCC3. The van der Waals surface area contributed by atoms with Crippen LogP contribution < -0.4 is 4.74 Å². The Morgan fingerprint density at radius 2 is 1.95 bits per heavy atom. The molecule has 1 aliphatic carbocycles. The van der Waals surface area contributed by atoms with Crippen LogP contribution in [0.3, 0.4) is 0 Å². The van der Waals surface area contributed by atoms with Gasteiger partial charge in [-0.05, 0) is 41.7 Å². The van der Waals surface area contributed by atoms with Gasteiger partial charge in [0.2, 0.25) is 0 Å². The summed E-state index contributed by atoms with van der Waals surface area (Å²) in [6.07, 6.45) is 9.42. The van der Waals surface area contributed by atoms with E-state index in [9.17, 15) is 0 Å².